The van der Waals surface area contributed by atoms with E-state index in [0.717, 1.165) is 14.3 Å². The Morgan fingerprint density at radius 2 is 1.52 bits per heavy atom. The summed E-state index contributed by atoms with van der Waals surface area (Å²) in [5.74, 6) is 0. The number of para-hydroxylation sites is 1. The molecule has 7 heteroatoms. The predicted octanol–water partition coefficient (Wildman–Crippen LogP) is 6.05. The first-order valence-electron chi connectivity index (χ1n) is 7.25. The number of hydrogen-bond acceptors (Lipinski definition) is 3. The van der Waals surface area contributed by atoms with Crippen molar-refractivity contribution >= 4 is 55.0 Å². The van der Waals surface area contributed by atoms with Crippen LogP contribution < -0.4 is 4.72 Å². The van der Waals surface area contributed by atoms with Crippen LogP contribution in [0, 0.1) is 0 Å². The lowest BCUT2D eigenvalue weighted by Crippen LogP contribution is -2.13. The first kappa shape index (κ1) is 18.3. The molecular weight excluding hydrogens is 442 g/mol. The maximum Gasteiger partial charge on any atom is 0.261 e. The van der Waals surface area contributed by atoms with E-state index in [1.807, 2.05) is 24.3 Å². The summed E-state index contributed by atoms with van der Waals surface area (Å²) in [5, 5.41) is 0.661. The summed E-state index contributed by atoms with van der Waals surface area (Å²) >= 11 is 10.7. The molecule has 0 atom stereocenters. The molecule has 0 fully saturated rings. The van der Waals surface area contributed by atoms with Crippen LogP contribution in [0.5, 0.6) is 0 Å². The van der Waals surface area contributed by atoms with Crippen LogP contribution in [0.15, 0.2) is 92.0 Å². The van der Waals surface area contributed by atoms with Crippen LogP contribution >= 0.6 is 39.3 Å². The molecule has 3 rings (SSSR count). The van der Waals surface area contributed by atoms with Crippen molar-refractivity contribution < 1.29 is 8.42 Å². The average Bonchev–Trinajstić information content (AvgIpc) is 2.59. The zero-order valence-electron chi connectivity index (χ0n) is 12.8. The molecule has 0 aromatic heterocycles. The van der Waals surface area contributed by atoms with Gasteiger partial charge in [-0.2, -0.15) is 0 Å². The number of hydrogen-bond donors (Lipinski definition) is 1. The molecule has 0 saturated heterocycles. The van der Waals surface area contributed by atoms with Crippen LogP contribution in [-0.4, -0.2) is 8.42 Å². The molecule has 0 heterocycles. The minimum atomic E-state index is -3.66. The molecule has 0 bridgehead atoms. The smallest absolute Gasteiger partial charge is 0.261 e. The van der Waals surface area contributed by atoms with E-state index in [1.165, 1.54) is 11.8 Å². The van der Waals surface area contributed by atoms with Crippen LogP contribution in [0.25, 0.3) is 0 Å². The Balaban J connectivity index is 1.87. The lowest BCUT2D eigenvalue weighted by atomic mass is 10.3. The van der Waals surface area contributed by atoms with Crippen LogP contribution in [0.3, 0.4) is 0 Å². The quantitative estimate of drug-likeness (QED) is 0.510. The molecule has 128 valence electrons. The minimum Gasteiger partial charge on any atom is -0.278 e. The fourth-order valence-electron chi connectivity index (χ4n) is 2.09. The molecule has 0 radical (unpaired) electrons. The third-order valence-electron chi connectivity index (χ3n) is 3.30. The number of rotatable bonds is 5. The maximum absolute atomic E-state index is 12.6. The highest BCUT2D eigenvalue weighted by Gasteiger charge is 2.16. The van der Waals surface area contributed by atoms with Crippen molar-refractivity contribution in [2.45, 2.75) is 14.7 Å². The second-order valence-electron chi connectivity index (χ2n) is 5.11. The molecule has 3 aromatic carbocycles. The van der Waals surface area contributed by atoms with Crippen LogP contribution in [-0.2, 0) is 10.0 Å². The van der Waals surface area contributed by atoms with Gasteiger partial charge in [-0.1, -0.05) is 51.4 Å². The lowest BCUT2D eigenvalue weighted by Gasteiger charge is -2.12. The zero-order valence-corrected chi connectivity index (χ0v) is 16.8. The Kier molecular flexibility index (Phi) is 5.74. The summed E-state index contributed by atoms with van der Waals surface area (Å²) in [4.78, 5) is 1.99. The Bertz CT molecular complexity index is 975. The molecule has 25 heavy (non-hydrogen) atoms. The normalized spacial score (nSPS) is 11.3. The number of anilines is 1. The Labute approximate surface area is 164 Å². The monoisotopic (exact) mass is 453 g/mol. The number of benzene rings is 3. The highest BCUT2D eigenvalue weighted by Crippen LogP contribution is 2.34. The van der Waals surface area contributed by atoms with Crippen LogP contribution in [0.2, 0.25) is 5.02 Å². The molecular formula is C18H13BrClNO2S2. The van der Waals surface area contributed by atoms with Crippen molar-refractivity contribution in [3.63, 3.8) is 0 Å². The van der Waals surface area contributed by atoms with Gasteiger partial charge in [0, 0.05) is 19.3 Å². The Morgan fingerprint density at radius 3 is 2.20 bits per heavy atom. The van der Waals surface area contributed by atoms with Crippen molar-refractivity contribution in [1.29, 1.82) is 0 Å². The van der Waals surface area contributed by atoms with Gasteiger partial charge < -0.3 is 0 Å². The van der Waals surface area contributed by atoms with Crippen LogP contribution in [0.1, 0.15) is 0 Å². The van der Waals surface area contributed by atoms with Crippen molar-refractivity contribution in [3.05, 3.63) is 82.3 Å². The fraction of sp³-hybridized carbons (Fsp3) is 0. The summed E-state index contributed by atoms with van der Waals surface area (Å²) in [7, 11) is -3.66. The fourth-order valence-corrected chi connectivity index (χ4v) is 4.52. The van der Waals surface area contributed by atoms with Crippen molar-refractivity contribution in [2.24, 2.45) is 0 Å². The van der Waals surface area contributed by atoms with Gasteiger partial charge in [0.25, 0.3) is 10.0 Å². The lowest BCUT2D eigenvalue weighted by molar-refractivity contribution is 0.601. The van der Waals surface area contributed by atoms with E-state index in [2.05, 4.69) is 20.7 Å². The van der Waals surface area contributed by atoms with Gasteiger partial charge in [0.1, 0.15) is 0 Å². The first-order valence-corrected chi connectivity index (χ1v) is 10.7. The molecule has 0 amide bonds. The largest absolute Gasteiger partial charge is 0.278 e. The average molecular weight is 455 g/mol. The van der Waals surface area contributed by atoms with E-state index in [9.17, 15) is 8.42 Å². The summed E-state index contributed by atoms with van der Waals surface area (Å²) < 4.78 is 28.7. The Morgan fingerprint density at radius 1 is 0.880 bits per heavy atom. The van der Waals surface area contributed by atoms with E-state index in [-0.39, 0.29) is 4.90 Å². The molecule has 0 aliphatic rings. The molecule has 0 aliphatic heterocycles. The summed E-state index contributed by atoms with van der Waals surface area (Å²) in [6.45, 7) is 0. The molecule has 0 saturated carbocycles. The Hall–Kier alpha value is -1.47. The standard InChI is InChI=1S/C18H13BrClNO2S2/c19-13-5-11-16(12-6-13)25(22,23)21-17-3-1-2-4-18(17)24-15-9-7-14(20)8-10-15/h1-12,21H. The minimum absolute atomic E-state index is 0.210. The summed E-state index contributed by atoms with van der Waals surface area (Å²) in [6, 6.07) is 21.2. The zero-order chi connectivity index (χ0) is 17.9. The molecule has 0 aliphatic carbocycles. The maximum atomic E-state index is 12.6. The van der Waals surface area contributed by atoms with E-state index in [1.54, 1.807) is 48.5 Å². The summed E-state index contributed by atoms with van der Waals surface area (Å²) in [6.07, 6.45) is 0. The van der Waals surface area contributed by atoms with Gasteiger partial charge in [-0.05, 0) is 60.7 Å². The van der Waals surface area contributed by atoms with Crippen molar-refractivity contribution in [1.82, 2.24) is 0 Å². The van der Waals surface area contributed by atoms with Gasteiger partial charge in [0.15, 0.2) is 0 Å². The molecule has 0 spiro atoms. The summed E-state index contributed by atoms with van der Waals surface area (Å²) in [5.41, 5.74) is 0.533. The third kappa shape index (κ3) is 4.79. The van der Waals surface area contributed by atoms with E-state index in [0.29, 0.717) is 10.7 Å². The molecule has 3 nitrogen and oxygen atoms in total. The molecule has 1 N–H and O–H groups in total. The number of sulfonamides is 1. The van der Waals surface area contributed by atoms with Gasteiger partial charge in [0.05, 0.1) is 10.6 Å². The highest BCUT2D eigenvalue weighted by atomic mass is 79.9. The van der Waals surface area contributed by atoms with Crippen LogP contribution in [0.4, 0.5) is 5.69 Å². The van der Waals surface area contributed by atoms with Gasteiger partial charge >= 0.3 is 0 Å². The van der Waals surface area contributed by atoms with Gasteiger partial charge in [-0.3, -0.25) is 4.72 Å². The predicted molar refractivity (Wildman–Crippen MR) is 107 cm³/mol. The molecule has 3 aromatic rings. The van der Waals surface area contributed by atoms with E-state index >= 15 is 0 Å². The number of nitrogens with one attached hydrogen (secondary N) is 1. The number of halogens is 2. The second kappa shape index (κ2) is 7.83. The topological polar surface area (TPSA) is 46.2 Å². The van der Waals surface area contributed by atoms with Crippen molar-refractivity contribution in [2.75, 3.05) is 4.72 Å². The van der Waals surface area contributed by atoms with Crippen molar-refractivity contribution in [3.8, 4) is 0 Å². The van der Waals surface area contributed by atoms with Gasteiger partial charge in [0.2, 0.25) is 0 Å². The highest BCUT2D eigenvalue weighted by molar-refractivity contribution is 9.10. The third-order valence-corrected chi connectivity index (χ3v) is 6.54. The molecule has 0 unspecified atom stereocenters. The SMILES string of the molecule is O=S(=O)(Nc1ccccc1Sc1ccc(Cl)cc1)c1ccc(Br)cc1. The second-order valence-corrected chi connectivity index (χ2v) is 9.26. The van der Waals surface area contributed by atoms with Gasteiger partial charge in [-0.15, -0.1) is 0 Å². The van der Waals surface area contributed by atoms with E-state index in [4.69, 9.17) is 11.6 Å². The van der Waals surface area contributed by atoms with E-state index < -0.39 is 10.0 Å². The van der Waals surface area contributed by atoms with Gasteiger partial charge in [-0.25, -0.2) is 8.42 Å². The first-order chi connectivity index (χ1) is 11.9.